The Labute approximate surface area is 101 Å². The Bertz CT molecular complexity index is 382. The summed E-state index contributed by atoms with van der Waals surface area (Å²) in [7, 11) is 0. The van der Waals surface area contributed by atoms with Crippen molar-refractivity contribution in [3.05, 3.63) is 9.93 Å². The summed E-state index contributed by atoms with van der Waals surface area (Å²) in [6.45, 7) is 1.71. The highest BCUT2D eigenvalue weighted by molar-refractivity contribution is 8.22. The summed E-state index contributed by atoms with van der Waals surface area (Å²) in [6, 6.07) is 0. The van der Waals surface area contributed by atoms with Gasteiger partial charge in [-0.1, -0.05) is 18.7 Å². The molecular weight excluding hydrogens is 250 g/mol. The first kappa shape index (κ1) is 11.8. The fourth-order valence-corrected chi connectivity index (χ4v) is 4.46. The molecule has 0 aromatic heterocycles. The van der Waals surface area contributed by atoms with Crippen molar-refractivity contribution in [3.8, 4) is 0 Å². The van der Waals surface area contributed by atoms with Crippen molar-refractivity contribution < 1.29 is 19.8 Å². The molecule has 5 nitrogen and oxygen atoms in total. The van der Waals surface area contributed by atoms with Crippen LogP contribution in [0.1, 0.15) is 6.92 Å². The number of hydrogen-bond acceptors (Lipinski definition) is 5. The second-order valence-electron chi connectivity index (χ2n) is 3.38. The van der Waals surface area contributed by atoms with E-state index in [0.717, 1.165) is 5.75 Å². The van der Waals surface area contributed by atoms with Crippen LogP contribution >= 0.6 is 23.5 Å². The highest BCUT2D eigenvalue weighted by Gasteiger charge is 2.55. The largest absolute Gasteiger partial charge is 0.477 e. The van der Waals surface area contributed by atoms with E-state index in [2.05, 4.69) is 0 Å². The number of nitrogens with zero attached hydrogens (tertiary/aromatic N) is 1. The second-order valence-corrected chi connectivity index (χ2v) is 6.04. The molecule has 2 aliphatic rings. The zero-order valence-corrected chi connectivity index (χ0v) is 10.2. The van der Waals surface area contributed by atoms with E-state index >= 15 is 0 Å². The molecule has 7 heteroatoms. The lowest BCUT2D eigenvalue weighted by atomic mass is 9.99. The molecule has 2 atom stereocenters. The van der Waals surface area contributed by atoms with Crippen molar-refractivity contribution in [2.75, 3.05) is 12.4 Å². The zero-order valence-electron chi connectivity index (χ0n) is 8.54. The van der Waals surface area contributed by atoms with Crippen LogP contribution in [0.5, 0.6) is 0 Å². The molecule has 16 heavy (non-hydrogen) atoms. The van der Waals surface area contributed by atoms with Crippen LogP contribution in [-0.4, -0.2) is 44.7 Å². The summed E-state index contributed by atoms with van der Waals surface area (Å²) in [4.78, 5) is 23.9. The number of carboxylic acid groups (broad SMARTS) is 1. The predicted molar refractivity (Wildman–Crippen MR) is 61.6 cm³/mol. The summed E-state index contributed by atoms with van der Waals surface area (Å²) in [5.74, 6) is -1.05. The number of amides is 1. The molecule has 0 saturated carbocycles. The Hall–Kier alpha value is -0.660. The maximum Gasteiger partial charge on any atom is 0.354 e. The number of rotatable bonds is 4. The molecule has 0 aliphatic carbocycles. The predicted octanol–water partition coefficient (Wildman–Crippen LogP) is 0.517. The first-order chi connectivity index (χ1) is 7.61. The number of carbonyl (C=O) groups is 2. The minimum absolute atomic E-state index is 0.0801. The van der Waals surface area contributed by atoms with Crippen LogP contribution in [0.4, 0.5) is 0 Å². The SMILES string of the molecule is CCSC1=C(C(=O)O)N2C(=O)[C@@H](CO)[C@H]2S1. The average molecular weight is 261 g/mol. The van der Waals surface area contributed by atoms with Crippen LogP contribution in [-0.2, 0) is 9.59 Å². The Morgan fingerprint density at radius 3 is 2.81 bits per heavy atom. The lowest BCUT2D eigenvalue weighted by Crippen LogP contribution is -2.58. The third-order valence-corrected chi connectivity index (χ3v) is 5.06. The van der Waals surface area contributed by atoms with Gasteiger partial charge in [-0.25, -0.2) is 4.79 Å². The fraction of sp³-hybridized carbons (Fsp3) is 0.556. The maximum absolute atomic E-state index is 11.6. The van der Waals surface area contributed by atoms with Gasteiger partial charge in [0, 0.05) is 0 Å². The van der Waals surface area contributed by atoms with Gasteiger partial charge in [0.15, 0.2) is 5.70 Å². The normalized spacial score (nSPS) is 28.1. The first-order valence-corrected chi connectivity index (χ1v) is 6.69. The third-order valence-electron chi connectivity index (χ3n) is 2.49. The van der Waals surface area contributed by atoms with Crippen molar-refractivity contribution in [1.82, 2.24) is 4.90 Å². The van der Waals surface area contributed by atoms with Crippen molar-refractivity contribution in [3.63, 3.8) is 0 Å². The van der Waals surface area contributed by atoms with Gasteiger partial charge in [0.1, 0.15) is 5.37 Å². The number of fused-ring (bicyclic) bond motifs is 1. The molecule has 0 bridgehead atoms. The molecule has 2 N–H and O–H groups in total. The number of aliphatic carboxylic acids is 1. The van der Waals surface area contributed by atoms with Crippen LogP contribution in [0.2, 0.25) is 0 Å². The quantitative estimate of drug-likeness (QED) is 0.718. The highest BCUT2D eigenvalue weighted by Crippen LogP contribution is 2.52. The smallest absolute Gasteiger partial charge is 0.354 e. The summed E-state index contributed by atoms with van der Waals surface area (Å²) in [5.41, 5.74) is 0.0801. The molecular formula is C9H11NO4S2. The molecule has 2 aliphatic heterocycles. The molecule has 88 valence electrons. The Morgan fingerprint density at radius 1 is 1.62 bits per heavy atom. The van der Waals surface area contributed by atoms with E-state index in [4.69, 9.17) is 10.2 Å². The van der Waals surface area contributed by atoms with E-state index in [1.807, 2.05) is 6.92 Å². The standard InChI is InChI=1S/C9H11NO4S2/c1-2-15-9-5(8(13)14)10-6(12)4(3-11)7(10)16-9/h4,7,11H,2-3H2,1H3,(H,13,14)/t4-,7-/m1/s1. The van der Waals surface area contributed by atoms with E-state index in [9.17, 15) is 9.59 Å². The molecule has 0 unspecified atom stereocenters. The molecule has 0 aromatic rings. The molecule has 2 heterocycles. The number of carboxylic acids is 1. The molecule has 0 aromatic carbocycles. The lowest BCUT2D eigenvalue weighted by molar-refractivity contribution is -0.153. The molecule has 2 rings (SSSR count). The van der Waals surface area contributed by atoms with Crippen LogP contribution in [0.3, 0.4) is 0 Å². The van der Waals surface area contributed by atoms with E-state index in [0.29, 0.717) is 4.24 Å². The molecule has 0 radical (unpaired) electrons. The summed E-state index contributed by atoms with van der Waals surface area (Å²) in [6.07, 6.45) is 0. The molecule has 1 saturated heterocycles. The second kappa shape index (κ2) is 4.31. The molecule has 1 amide bonds. The Balaban J connectivity index is 2.26. The monoisotopic (exact) mass is 261 g/mol. The Kier molecular flexibility index (Phi) is 3.18. The van der Waals surface area contributed by atoms with Crippen LogP contribution in [0.15, 0.2) is 9.93 Å². The maximum atomic E-state index is 11.6. The minimum Gasteiger partial charge on any atom is -0.477 e. The van der Waals surface area contributed by atoms with Crippen LogP contribution < -0.4 is 0 Å². The van der Waals surface area contributed by atoms with Gasteiger partial charge in [-0.15, -0.1) is 11.8 Å². The van der Waals surface area contributed by atoms with E-state index in [-0.39, 0.29) is 23.6 Å². The fourth-order valence-electron chi connectivity index (χ4n) is 1.75. The summed E-state index contributed by atoms with van der Waals surface area (Å²) < 4.78 is 0.671. The van der Waals surface area contributed by atoms with Gasteiger partial charge >= 0.3 is 5.97 Å². The van der Waals surface area contributed by atoms with Gasteiger partial charge in [0.25, 0.3) is 0 Å². The topological polar surface area (TPSA) is 77.8 Å². The van der Waals surface area contributed by atoms with Gasteiger partial charge in [-0.05, 0) is 5.75 Å². The number of thioether (sulfide) groups is 2. The number of aliphatic hydroxyl groups is 1. The molecule has 1 fully saturated rings. The van der Waals surface area contributed by atoms with Crippen LogP contribution in [0.25, 0.3) is 0 Å². The van der Waals surface area contributed by atoms with Gasteiger partial charge < -0.3 is 10.2 Å². The van der Waals surface area contributed by atoms with Gasteiger partial charge in [-0.2, -0.15) is 0 Å². The lowest BCUT2D eigenvalue weighted by Gasteiger charge is -2.41. The van der Waals surface area contributed by atoms with Crippen LogP contribution in [0, 0.1) is 5.92 Å². The third kappa shape index (κ3) is 1.54. The number of aliphatic hydroxyl groups excluding tert-OH is 1. The molecule has 0 spiro atoms. The minimum atomic E-state index is -1.07. The van der Waals surface area contributed by atoms with Gasteiger partial charge in [0.05, 0.1) is 16.8 Å². The van der Waals surface area contributed by atoms with E-state index in [1.165, 1.54) is 28.4 Å². The van der Waals surface area contributed by atoms with Crippen molar-refractivity contribution in [2.24, 2.45) is 5.92 Å². The summed E-state index contributed by atoms with van der Waals surface area (Å²) in [5, 5.41) is 17.9. The highest BCUT2D eigenvalue weighted by atomic mass is 32.2. The average Bonchev–Trinajstić information content (AvgIpc) is 2.55. The summed E-state index contributed by atoms with van der Waals surface area (Å²) >= 11 is 2.79. The van der Waals surface area contributed by atoms with E-state index in [1.54, 1.807) is 0 Å². The number of β-lactam (4-membered cyclic amide) rings is 1. The Morgan fingerprint density at radius 2 is 2.31 bits per heavy atom. The van der Waals surface area contributed by atoms with Gasteiger partial charge in [-0.3, -0.25) is 9.69 Å². The zero-order chi connectivity index (χ0) is 11.9. The number of hydrogen-bond donors (Lipinski definition) is 2. The first-order valence-electron chi connectivity index (χ1n) is 4.82. The van der Waals surface area contributed by atoms with E-state index < -0.39 is 11.9 Å². The van der Waals surface area contributed by atoms with Crippen molar-refractivity contribution in [2.45, 2.75) is 12.3 Å². The van der Waals surface area contributed by atoms with Gasteiger partial charge in [0.2, 0.25) is 5.91 Å². The van der Waals surface area contributed by atoms with Crippen molar-refractivity contribution in [1.29, 1.82) is 0 Å². The number of carbonyl (C=O) groups excluding carboxylic acids is 1. The van der Waals surface area contributed by atoms with Crippen molar-refractivity contribution >= 4 is 35.4 Å².